The molecular formula is C18H22N6O3. The van der Waals surface area contributed by atoms with E-state index in [9.17, 15) is 9.59 Å². The third-order valence-electron chi connectivity index (χ3n) is 5.16. The van der Waals surface area contributed by atoms with Crippen LogP contribution in [0.1, 0.15) is 48.5 Å². The summed E-state index contributed by atoms with van der Waals surface area (Å²) >= 11 is 0. The zero-order valence-corrected chi connectivity index (χ0v) is 15.4. The van der Waals surface area contributed by atoms with Crippen molar-refractivity contribution in [2.75, 3.05) is 13.1 Å². The summed E-state index contributed by atoms with van der Waals surface area (Å²) in [5.74, 6) is 0.156. The van der Waals surface area contributed by atoms with E-state index in [1.54, 1.807) is 13.0 Å². The summed E-state index contributed by atoms with van der Waals surface area (Å²) in [5, 5.41) is 10.7. The topological polar surface area (TPSA) is 109 Å². The predicted octanol–water partition coefficient (Wildman–Crippen LogP) is 1.23. The van der Waals surface area contributed by atoms with E-state index in [1.807, 2.05) is 17.9 Å². The molecule has 1 amide bonds. The maximum absolute atomic E-state index is 12.6. The van der Waals surface area contributed by atoms with Crippen molar-refractivity contribution < 1.29 is 9.42 Å². The lowest BCUT2D eigenvalue weighted by Gasteiger charge is -2.32. The molecule has 3 aromatic rings. The van der Waals surface area contributed by atoms with E-state index >= 15 is 0 Å². The normalized spacial score (nSPS) is 17.6. The zero-order valence-electron chi connectivity index (χ0n) is 15.4. The molecule has 27 heavy (non-hydrogen) atoms. The Morgan fingerprint density at radius 1 is 1.37 bits per heavy atom. The summed E-state index contributed by atoms with van der Waals surface area (Å²) in [6.07, 6.45) is 2.77. The molecule has 3 aromatic heterocycles. The molecule has 0 saturated carbocycles. The first kappa shape index (κ1) is 17.4. The molecule has 0 radical (unpaired) electrons. The highest BCUT2D eigenvalue weighted by Gasteiger charge is 2.27. The molecule has 4 heterocycles. The van der Waals surface area contributed by atoms with Gasteiger partial charge >= 0.3 is 0 Å². The Labute approximate surface area is 155 Å². The summed E-state index contributed by atoms with van der Waals surface area (Å²) in [7, 11) is 0. The largest absolute Gasteiger partial charge is 0.342 e. The minimum absolute atomic E-state index is 0.0122. The summed E-state index contributed by atoms with van der Waals surface area (Å²) in [4.78, 5) is 31.2. The fourth-order valence-electron chi connectivity index (χ4n) is 3.57. The van der Waals surface area contributed by atoms with Crippen molar-refractivity contribution in [3.63, 3.8) is 0 Å². The number of carbonyl (C=O) groups is 1. The first-order valence-electron chi connectivity index (χ1n) is 9.22. The SMILES string of the molecule is CCc1cc(=O)n2[nH]c([C@@H]3CCCN(C(=O)Cc4nonc4C)C3)cc2n1. The Kier molecular flexibility index (Phi) is 4.51. The number of hydrogen-bond donors (Lipinski definition) is 1. The quantitative estimate of drug-likeness (QED) is 0.740. The standard InChI is InChI=1S/C18H22N6O3/c1-3-13-7-18(26)24-16(19-13)8-15(20-24)12-5-4-6-23(10-12)17(25)9-14-11(2)21-27-22-14/h7-8,12,20H,3-6,9-10H2,1-2H3/t12-/m1/s1. The van der Waals surface area contributed by atoms with E-state index in [1.165, 1.54) is 4.52 Å². The number of aryl methyl sites for hydroxylation is 2. The maximum Gasteiger partial charge on any atom is 0.272 e. The number of carbonyl (C=O) groups excluding carboxylic acids is 1. The number of nitrogens with zero attached hydrogens (tertiary/aromatic N) is 5. The Hall–Kier alpha value is -2.97. The van der Waals surface area contributed by atoms with Gasteiger partial charge in [0.2, 0.25) is 5.91 Å². The number of piperidine rings is 1. The predicted molar refractivity (Wildman–Crippen MR) is 96.5 cm³/mol. The molecule has 0 aliphatic carbocycles. The second kappa shape index (κ2) is 6.98. The molecule has 9 heteroatoms. The third kappa shape index (κ3) is 3.36. The van der Waals surface area contributed by atoms with Gasteiger partial charge in [-0.15, -0.1) is 0 Å². The zero-order chi connectivity index (χ0) is 19.0. The highest BCUT2D eigenvalue weighted by atomic mass is 16.6. The highest BCUT2D eigenvalue weighted by Crippen LogP contribution is 2.26. The summed E-state index contributed by atoms with van der Waals surface area (Å²) in [5.41, 5.74) is 3.45. The van der Waals surface area contributed by atoms with Crippen LogP contribution in [0.2, 0.25) is 0 Å². The number of aromatic nitrogens is 5. The number of nitrogens with one attached hydrogen (secondary N) is 1. The molecule has 1 fully saturated rings. The van der Waals surface area contributed by atoms with Gasteiger partial charge in [-0.3, -0.25) is 14.7 Å². The van der Waals surface area contributed by atoms with Gasteiger partial charge in [0.05, 0.1) is 6.42 Å². The van der Waals surface area contributed by atoms with Gasteiger partial charge in [-0.1, -0.05) is 17.2 Å². The van der Waals surface area contributed by atoms with Gasteiger partial charge in [-0.25, -0.2) is 14.1 Å². The lowest BCUT2D eigenvalue weighted by atomic mass is 9.94. The van der Waals surface area contributed by atoms with Crippen molar-refractivity contribution in [1.82, 2.24) is 29.8 Å². The van der Waals surface area contributed by atoms with Gasteiger partial charge in [0, 0.05) is 42.5 Å². The molecule has 9 nitrogen and oxygen atoms in total. The van der Waals surface area contributed by atoms with Crippen LogP contribution in [0.25, 0.3) is 5.65 Å². The molecule has 1 saturated heterocycles. The smallest absolute Gasteiger partial charge is 0.272 e. The van der Waals surface area contributed by atoms with Crippen molar-refractivity contribution in [1.29, 1.82) is 0 Å². The molecule has 0 unspecified atom stereocenters. The molecule has 4 rings (SSSR count). The Morgan fingerprint density at radius 2 is 2.22 bits per heavy atom. The van der Waals surface area contributed by atoms with Crippen molar-refractivity contribution in [3.8, 4) is 0 Å². The van der Waals surface area contributed by atoms with E-state index < -0.39 is 0 Å². The molecular weight excluding hydrogens is 348 g/mol. The summed E-state index contributed by atoms with van der Waals surface area (Å²) in [6.45, 7) is 5.07. The minimum Gasteiger partial charge on any atom is -0.342 e. The van der Waals surface area contributed by atoms with Crippen LogP contribution in [0.5, 0.6) is 0 Å². The first-order valence-corrected chi connectivity index (χ1v) is 9.22. The van der Waals surface area contributed by atoms with Crippen LogP contribution in [-0.4, -0.2) is 48.8 Å². The van der Waals surface area contributed by atoms with E-state index in [4.69, 9.17) is 0 Å². The van der Waals surface area contributed by atoms with Crippen LogP contribution in [-0.2, 0) is 17.6 Å². The lowest BCUT2D eigenvalue weighted by molar-refractivity contribution is -0.131. The Balaban J connectivity index is 1.53. The minimum atomic E-state index is -0.110. The van der Waals surface area contributed by atoms with E-state index in [2.05, 4.69) is 25.0 Å². The lowest BCUT2D eigenvalue weighted by Crippen LogP contribution is -2.40. The Bertz CT molecular complexity index is 1030. The molecule has 1 aliphatic heterocycles. The van der Waals surface area contributed by atoms with Gasteiger partial charge < -0.3 is 4.90 Å². The molecule has 0 aromatic carbocycles. The number of amides is 1. The molecule has 0 spiro atoms. The monoisotopic (exact) mass is 370 g/mol. The van der Waals surface area contributed by atoms with Crippen LogP contribution in [0.4, 0.5) is 0 Å². The van der Waals surface area contributed by atoms with Gasteiger partial charge in [-0.2, -0.15) is 0 Å². The third-order valence-corrected chi connectivity index (χ3v) is 5.16. The van der Waals surface area contributed by atoms with Crippen molar-refractivity contribution in [3.05, 3.63) is 45.3 Å². The molecule has 142 valence electrons. The first-order chi connectivity index (χ1) is 13.0. The van der Waals surface area contributed by atoms with Crippen LogP contribution in [0.3, 0.4) is 0 Å². The van der Waals surface area contributed by atoms with Crippen LogP contribution in [0.15, 0.2) is 21.6 Å². The fraction of sp³-hybridized carbons (Fsp3) is 0.500. The highest BCUT2D eigenvalue weighted by molar-refractivity contribution is 5.78. The van der Waals surface area contributed by atoms with Crippen LogP contribution < -0.4 is 5.56 Å². The van der Waals surface area contributed by atoms with Gasteiger partial charge in [-0.05, 0) is 26.2 Å². The Morgan fingerprint density at radius 3 is 2.96 bits per heavy atom. The summed E-state index contributed by atoms with van der Waals surface area (Å²) in [6, 6.07) is 3.48. The number of hydrogen-bond acceptors (Lipinski definition) is 6. The number of likely N-dealkylation sites (tertiary alicyclic amines) is 1. The maximum atomic E-state index is 12.6. The van der Waals surface area contributed by atoms with Gasteiger partial charge in [0.1, 0.15) is 11.4 Å². The average Bonchev–Trinajstić information content (AvgIpc) is 3.28. The van der Waals surface area contributed by atoms with Crippen molar-refractivity contribution >= 4 is 11.6 Å². The second-order valence-electron chi connectivity index (χ2n) is 7.00. The van der Waals surface area contributed by atoms with Crippen LogP contribution in [0, 0.1) is 6.92 Å². The van der Waals surface area contributed by atoms with Gasteiger partial charge in [0.15, 0.2) is 5.65 Å². The number of rotatable bonds is 4. The fourth-order valence-corrected chi connectivity index (χ4v) is 3.57. The molecule has 1 atom stereocenters. The average molecular weight is 370 g/mol. The van der Waals surface area contributed by atoms with Crippen molar-refractivity contribution in [2.24, 2.45) is 0 Å². The van der Waals surface area contributed by atoms with E-state index in [0.717, 1.165) is 30.8 Å². The van der Waals surface area contributed by atoms with Crippen molar-refractivity contribution in [2.45, 2.75) is 45.4 Å². The molecule has 1 aliphatic rings. The van der Waals surface area contributed by atoms with E-state index in [-0.39, 0.29) is 23.8 Å². The van der Waals surface area contributed by atoms with Crippen LogP contribution >= 0.6 is 0 Å². The van der Waals surface area contributed by atoms with Gasteiger partial charge in [0.25, 0.3) is 5.56 Å². The molecule has 0 bridgehead atoms. The molecule has 1 N–H and O–H groups in total. The number of aromatic amines is 1. The summed E-state index contributed by atoms with van der Waals surface area (Å²) < 4.78 is 6.14. The van der Waals surface area contributed by atoms with E-state index in [0.29, 0.717) is 30.0 Å². The number of H-pyrrole nitrogens is 1. The second-order valence-corrected chi connectivity index (χ2v) is 7.00. The number of fused-ring (bicyclic) bond motifs is 1.